The molecule has 0 unspecified atom stereocenters. The fourth-order valence-corrected chi connectivity index (χ4v) is 4.24. The van der Waals surface area contributed by atoms with Crippen molar-refractivity contribution >= 4 is 11.8 Å². The second-order valence-electron chi connectivity index (χ2n) is 7.77. The molecule has 1 aromatic rings. The zero-order valence-corrected chi connectivity index (χ0v) is 16.2. The van der Waals surface area contributed by atoms with Crippen LogP contribution in [0.15, 0.2) is 24.3 Å². The average Bonchev–Trinajstić information content (AvgIpc) is 2.64. The Balaban J connectivity index is 1.79. The van der Waals surface area contributed by atoms with Gasteiger partial charge in [0.1, 0.15) is 0 Å². The molecule has 142 valence electrons. The van der Waals surface area contributed by atoms with Crippen LogP contribution in [0.3, 0.4) is 0 Å². The number of hydrogen-bond donors (Lipinski definition) is 1. The largest absolute Gasteiger partial charge is 0.353 e. The smallest absolute Gasteiger partial charge is 0.225 e. The van der Waals surface area contributed by atoms with Crippen LogP contribution in [-0.4, -0.2) is 54.3 Å². The van der Waals surface area contributed by atoms with Crippen LogP contribution in [0, 0.1) is 12.8 Å². The first-order valence-corrected chi connectivity index (χ1v) is 9.84. The Labute approximate surface area is 156 Å². The summed E-state index contributed by atoms with van der Waals surface area (Å²) in [6.45, 7) is 6.73. The van der Waals surface area contributed by atoms with Crippen molar-refractivity contribution in [1.82, 2.24) is 15.1 Å². The minimum atomic E-state index is -0.171. The van der Waals surface area contributed by atoms with Crippen molar-refractivity contribution in [2.45, 2.75) is 51.6 Å². The van der Waals surface area contributed by atoms with Gasteiger partial charge in [0.2, 0.25) is 11.8 Å². The van der Waals surface area contributed by atoms with Crippen molar-refractivity contribution in [3.05, 3.63) is 35.4 Å². The maximum absolute atomic E-state index is 13.1. The summed E-state index contributed by atoms with van der Waals surface area (Å²) in [6.07, 6.45) is 3.09. The van der Waals surface area contributed by atoms with Crippen LogP contribution in [0.4, 0.5) is 0 Å². The lowest BCUT2D eigenvalue weighted by molar-refractivity contribution is -0.143. The number of likely N-dealkylation sites (tertiary alicyclic amines) is 2. The van der Waals surface area contributed by atoms with E-state index in [1.165, 1.54) is 5.56 Å². The molecule has 1 aromatic carbocycles. The molecule has 3 rings (SSSR count). The minimum absolute atomic E-state index is 0.107. The van der Waals surface area contributed by atoms with E-state index in [1.807, 2.05) is 11.8 Å². The second-order valence-corrected chi connectivity index (χ2v) is 7.77. The fraction of sp³-hybridized carbons (Fsp3) is 0.619. The molecule has 2 heterocycles. The number of rotatable bonds is 4. The first kappa shape index (κ1) is 18.9. The van der Waals surface area contributed by atoms with Crippen LogP contribution in [-0.2, 0) is 9.59 Å². The number of aryl methyl sites for hydroxylation is 1. The lowest BCUT2D eigenvalue weighted by atomic mass is 9.83. The molecular formula is C21H31N3O2. The highest BCUT2D eigenvalue weighted by atomic mass is 16.2. The quantitative estimate of drug-likeness (QED) is 0.901. The molecule has 26 heavy (non-hydrogen) atoms. The normalized spacial score (nSPS) is 25.3. The van der Waals surface area contributed by atoms with Gasteiger partial charge in [0.15, 0.2) is 0 Å². The third-order valence-corrected chi connectivity index (χ3v) is 5.87. The molecule has 0 aliphatic carbocycles. The molecule has 2 saturated heterocycles. The van der Waals surface area contributed by atoms with Gasteiger partial charge in [-0.25, -0.2) is 0 Å². The summed E-state index contributed by atoms with van der Waals surface area (Å²) in [4.78, 5) is 29.7. The van der Waals surface area contributed by atoms with Gasteiger partial charge in [-0.05, 0) is 58.8 Å². The minimum Gasteiger partial charge on any atom is -0.353 e. The van der Waals surface area contributed by atoms with Gasteiger partial charge >= 0.3 is 0 Å². The summed E-state index contributed by atoms with van der Waals surface area (Å²) < 4.78 is 0. The van der Waals surface area contributed by atoms with E-state index in [9.17, 15) is 9.59 Å². The number of benzene rings is 1. The lowest BCUT2D eigenvalue weighted by Gasteiger charge is -2.41. The van der Waals surface area contributed by atoms with E-state index < -0.39 is 0 Å². The SMILES string of the molecule is CCN1C(=O)CC[C@@H](C(=O)NC2CCN(C)CC2)[C@@H]1c1ccc(C)cc1. The Morgan fingerprint density at radius 3 is 2.42 bits per heavy atom. The maximum Gasteiger partial charge on any atom is 0.225 e. The summed E-state index contributed by atoms with van der Waals surface area (Å²) >= 11 is 0. The Hall–Kier alpha value is -1.88. The third kappa shape index (κ3) is 4.09. The average molecular weight is 357 g/mol. The van der Waals surface area contributed by atoms with E-state index in [1.54, 1.807) is 0 Å². The fourth-order valence-electron chi connectivity index (χ4n) is 4.24. The number of nitrogens with one attached hydrogen (secondary N) is 1. The number of carbonyl (C=O) groups is 2. The predicted molar refractivity (Wildman–Crippen MR) is 103 cm³/mol. The molecule has 2 atom stereocenters. The van der Waals surface area contributed by atoms with Gasteiger partial charge in [-0.2, -0.15) is 0 Å². The highest BCUT2D eigenvalue weighted by molar-refractivity contribution is 5.85. The molecular weight excluding hydrogens is 326 g/mol. The van der Waals surface area contributed by atoms with Crippen LogP contribution in [0.2, 0.25) is 0 Å². The van der Waals surface area contributed by atoms with Gasteiger partial charge in [-0.15, -0.1) is 0 Å². The summed E-state index contributed by atoms with van der Waals surface area (Å²) in [5, 5.41) is 3.28. The molecule has 0 aromatic heterocycles. The summed E-state index contributed by atoms with van der Waals surface area (Å²) in [7, 11) is 2.12. The standard InChI is InChI=1S/C21H31N3O2/c1-4-24-19(25)10-9-18(20(24)16-7-5-15(2)6-8-16)21(26)22-17-11-13-23(3)14-12-17/h5-8,17-18,20H,4,9-14H2,1-3H3,(H,22,26)/t18-,20+/m1/s1. The van der Waals surface area contributed by atoms with Crippen LogP contribution in [0.25, 0.3) is 0 Å². The van der Waals surface area contributed by atoms with Gasteiger partial charge in [-0.1, -0.05) is 29.8 Å². The van der Waals surface area contributed by atoms with Crippen LogP contribution in [0.1, 0.15) is 49.8 Å². The van der Waals surface area contributed by atoms with Crippen molar-refractivity contribution in [1.29, 1.82) is 0 Å². The summed E-state index contributed by atoms with van der Waals surface area (Å²) in [5.74, 6) is 0.0903. The third-order valence-electron chi connectivity index (χ3n) is 5.87. The molecule has 2 aliphatic rings. The number of carbonyl (C=O) groups excluding carboxylic acids is 2. The van der Waals surface area contributed by atoms with Gasteiger partial charge in [0, 0.05) is 19.0 Å². The van der Waals surface area contributed by atoms with Gasteiger partial charge in [0.05, 0.1) is 12.0 Å². The van der Waals surface area contributed by atoms with E-state index >= 15 is 0 Å². The Kier molecular flexibility index (Phi) is 5.97. The topological polar surface area (TPSA) is 52.7 Å². The first-order valence-electron chi connectivity index (χ1n) is 9.84. The van der Waals surface area contributed by atoms with Gasteiger partial charge in [-0.3, -0.25) is 9.59 Å². The van der Waals surface area contributed by atoms with Crippen molar-refractivity contribution in [3.63, 3.8) is 0 Å². The molecule has 0 bridgehead atoms. The van der Waals surface area contributed by atoms with Crippen LogP contribution in [0.5, 0.6) is 0 Å². The van der Waals surface area contributed by atoms with E-state index in [0.29, 0.717) is 19.4 Å². The van der Waals surface area contributed by atoms with Crippen molar-refractivity contribution in [2.24, 2.45) is 5.92 Å². The van der Waals surface area contributed by atoms with Gasteiger partial charge < -0.3 is 15.1 Å². The maximum atomic E-state index is 13.1. The first-order chi connectivity index (χ1) is 12.5. The highest BCUT2D eigenvalue weighted by Crippen LogP contribution is 2.37. The molecule has 0 saturated carbocycles. The number of piperidine rings is 2. The van der Waals surface area contributed by atoms with Crippen molar-refractivity contribution < 1.29 is 9.59 Å². The molecule has 5 nitrogen and oxygen atoms in total. The number of hydrogen-bond acceptors (Lipinski definition) is 3. The van der Waals surface area contributed by atoms with Crippen LogP contribution >= 0.6 is 0 Å². The van der Waals surface area contributed by atoms with Crippen molar-refractivity contribution in [2.75, 3.05) is 26.7 Å². The lowest BCUT2D eigenvalue weighted by Crippen LogP contribution is -2.51. The molecule has 2 amide bonds. The number of nitrogens with zero attached hydrogens (tertiary/aromatic N) is 2. The van der Waals surface area contributed by atoms with E-state index in [2.05, 4.69) is 48.5 Å². The molecule has 2 aliphatic heterocycles. The number of amides is 2. The predicted octanol–water partition coefficient (Wildman–Crippen LogP) is 2.51. The van der Waals surface area contributed by atoms with Crippen molar-refractivity contribution in [3.8, 4) is 0 Å². The second kappa shape index (κ2) is 8.21. The molecule has 2 fully saturated rings. The monoisotopic (exact) mass is 357 g/mol. The van der Waals surface area contributed by atoms with E-state index in [4.69, 9.17) is 0 Å². The Morgan fingerprint density at radius 1 is 1.15 bits per heavy atom. The molecule has 5 heteroatoms. The highest BCUT2D eigenvalue weighted by Gasteiger charge is 2.40. The summed E-state index contributed by atoms with van der Waals surface area (Å²) in [5.41, 5.74) is 2.25. The molecule has 0 radical (unpaired) electrons. The molecule has 1 N–H and O–H groups in total. The zero-order valence-electron chi connectivity index (χ0n) is 16.2. The molecule has 0 spiro atoms. The summed E-state index contributed by atoms with van der Waals surface area (Å²) in [6, 6.07) is 8.36. The van der Waals surface area contributed by atoms with E-state index in [-0.39, 0.29) is 29.8 Å². The Bertz CT molecular complexity index is 635. The Morgan fingerprint density at radius 2 is 1.81 bits per heavy atom. The van der Waals surface area contributed by atoms with E-state index in [0.717, 1.165) is 31.5 Å². The zero-order chi connectivity index (χ0) is 18.7. The van der Waals surface area contributed by atoms with Gasteiger partial charge in [0.25, 0.3) is 0 Å². The van der Waals surface area contributed by atoms with Crippen LogP contribution < -0.4 is 5.32 Å².